The van der Waals surface area contributed by atoms with Crippen LogP contribution in [-0.2, 0) is 20.7 Å². The molecule has 4 heteroatoms. The number of carbonyl (C=O) groups is 2. The van der Waals surface area contributed by atoms with Gasteiger partial charge in [-0.05, 0) is 40.6 Å². The van der Waals surface area contributed by atoms with E-state index in [0.29, 0.717) is 6.42 Å². The second-order valence-corrected chi connectivity index (χ2v) is 4.65. The van der Waals surface area contributed by atoms with Crippen LogP contribution in [0.3, 0.4) is 0 Å². The highest BCUT2D eigenvalue weighted by Crippen LogP contribution is 2.23. The first-order chi connectivity index (χ1) is 7.16. The number of hydrogen-bond donors (Lipinski definition) is 0. The molecular weight excluding hydrogens is 307 g/mol. The number of cyclic esters (lactones) is 2. The lowest BCUT2D eigenvalue weighted by molar-refractivity contribution is -0.153. The van der Waals surface area contributed by atoms with Crippen molar-refractivity contribution >= 4 is 34.5 Å². The molecule has 1 aliphatic rings. The number of esters is 2. The number of carbonyl (C=O) groups excluding carboxylic acids is 2. The van der Waals surface area contributed by atoms with Gasteiger partial charge in [-0.1, -0.05) is 18.2 Å². The molecule has 0 aromatic heterocycles. The highest BCUT2D eigenvalue weighted by Gasteiger charge is 2.33. The minimum Gasteiger partial charge on any atom is -0.393 e. The molecule has 1 heterocycles. The summed E-state index contributed by atoms with van der Waals surface area (Å²) >= 11 is 2.22. The normalized spacial score (nSPS) is 20.5. The molecule has 1 aromatic carbocycles. The van der Waals surface area contributed by atoms with E-state index in [4.69, 9.17) is 0 Å². The fraction of sp³-hybridized carbons (Fsp3) is 0.273. The molecule has 1 unspecified atom stereocenters. The van der Waals surface area contributed by atoms with Crippen molar-refractivity contribution in [2.24, 2.45) is 5.92 Å². The molecule has 0 radical (unpaired) electrons. The van der Waals surface area contributed by atoms with Gasteiger partial charge >= 0.3 is 11.9 Å². The van der Waals surface area contributed by atoms with Crippen LogP contribution in [0.25, 0.3) is 0 Å². The zero-order valence-electron chi connectivity index (χ0n) is 7.90. The summed E-state index contributed by atoms with van der Waals surface area (Å²) in [5.74, 6) is -1.09. The quantitative estimate of drug-likeness (QED) is 0.476. The monoisotopic (exact) mass is 316 g/mol. The molecule has 0 spiro atoms. The van der Waals surface area contributed by atoms with Crippen LogP contribution < -0.4 is 0 Å². The average molecular weight is 316 g/mol. The molecule has 3 nitrogen and oxygen atoms in total. The lowest BCUT2D eigenvalue weighted by Gasteiger charge is -2.06. The van der Waals surface area contributed by atoms with Crippen molar-refractivity contribution in [3.8, 4) is 0 Å². The van der Waals surface area contributed by atoms with E-state index in [9.17, 15) is 9.59 Å². The van der Waals surface area contributed by atoms with Crippen molar-refractivity contribution in [1.82, 2.24) is 0 Å². The number of rotatable bonds is 2. The van der Waals surface area contributed by atoms with Gasteiger partial charge < -0.3 is 4.74 Å². The maximum Gasteiger partial charge on any atom is 0.317 e. The first-order valence-corrected chi connectivity index (χ1v) is 5.72. The Hall–Kier alpha value is -0.910. The van der Waals surface area contributed by atoms with Crippen LogP contribution in [0.2, 0.25) is 0 Å². The van der Waals surface area contributed by atoms with E-state index in [2.05, 4.69) is 27.3 Å². The number of benzene rings is 1. The Bertz CT molecular complexity index is 414. The topological polar surface area (TPSA) is 43.4 Å². The van der Waals surface area contributed by atoms with E-state index in [-0.39, 0.29) is 18.3 Å². The number of halogens is 1. The van der Waals surface area contributed by atoms with Crippen LogP contribution in [0.4, 0.5) is 0 Å². The van der Waals surface area contributed by atoms with E-state index >= 15 is 0 Å². The highest BCUT2D eigenvalue weighted by molar-refractivity contribution is 14.1. The fourth-order valence-corrected chi connectivity index (χ4v) is 2.21. The van der Waals surface area contributed by atoms with Gasteiger partial charge in [0.15, 0.2) is 0 Å². The van der Waals surface area contributed by atoms with Crippen molar-refractivity contribution in [1.29, 1.82) is 0 Å². The molecule has 2 rings (SSSR count). The van der Waals surface area contributed by atoms with Crippen molar-refractivity contribution in [2.75, 3.05) is 0 Å². The van der Waals surface area contributed by atoms with E-state index in [1.165, 1.54) is 0 Å². The van der Waals surface area contributed by atoms with Gasteiger partial charge in [0.1, 0.15) is 0 Å². The maximum absolute atomic E-state index is 11.3. The fourth-order valence-electron chi connectivity index (χ4n) is 1.61. The van der Waals surface area contributed by atoms with Crippen molar-refractivity contribution < 1.29 is 14.3 Å². The highest BCUT2D eigenvalue weighted by atomic mass is 127. The van der Waals surface area contributed by atoms with Crippen LogP contribution in [-0.4, -0.2) is 11.9 Å². The van der Waals surface area contributed by atoms with Gasteiger partial charge in [0.05, 0.1) is 12.3 Å². The van der Waals surface area contributed by atoms with Crippen molar-refractivity contribution in [3.63, 3.8) is 0 Å². The zero-order valence-corrected chi connectivity index (χ0v) is 10.1. The number of ether oxygens (including phenoxy) is 1. The van der Waals surface area contributed by atoms with E-state index in [0.717, 1.165) is 9.13 Å². The second kappa shape index (κ2) is 4.30. The van der Waals surface area contributed by atoms with Crippen molar-refractivity contribution in [2.45, 2.75) is 12.8 Å². The Morgan fingerprint density at radius 2 is 2.07 bits per heavy atom. The number of hydrogen-bond acceptors (Lipinski definition) is 3. The SMILES string of the molecule is O=C1CC(Cc2ccccc2I)C(=O)O1. The molecule has 0 bridgehead atoms. The van der Waals surface area contributed by atoms with Crippen molar-refractivity contribution in [3.05, 3.63) is 33.4 Å². The summed E-state index contributed by atoms with van der Waals surface area (Å²) in [4.78, 5) is 22.1. The first kappa shape index (κ1) is 10.6. The predicted octanol–water partition coefficient (Wildman–Crippen LogP) is 1.92. The summed E-state index contributed by atoms with van der Waals surface area (Å²) in [5, 5.41) is 0. The second-order valence-electron chi connectivity index (χ2n) is 3.49. The standard InChI is InChI=1S/C11H9IO3/c12-9-4-2-1-3-7(9)5-8-6-10(13)15-11(8)14/h1-4,8H,5-6H2. The smallest absolute Gasteiger partial charge is 0.317 e. The molecule has 78 valence electrons. The lowest BCUT2D eigenvalue weighted by atomic mass is 9.98. The first-order valence-electron chi connectivity index (χ1n) is 4.65. The summed E-state index contributed by atoms with van der Waals surface area (Å²) in [7, 11) is 0. The molecule has 0 aliphatic carbocycles. The average Bonchev–Trinajstić information content (AvgIpc) is 2.49. The zero-order chi connectivity index (χ0) is 10.8. The van der Waals surface area contributed by atoms with Gasteiger partial charge in [0, 0.05) is 3.57 Å². The Labute approximate surface area is 101 Å². The summed E-state index contributed by atoms with van der Waals surface area (Å²) in [6.07, 6.45) is 0.799. The molecule has 15 heavy (non-hydrogen) atoms. The minimum absolute atomic E-state index is 0.212. The van der Waals surface area contributed by atoms with E-state index in [1.807, 2.05) is 24.3 Å². The lowest BCUT2D eigenvalue weighted by Crippen LogP contribution is -2.11. The van der Waals surface area contributed by atoms with Gasteiger partial charge in [-0.15, -0.1) is 0 Å². The molecule has 0 amide bonds. The maximum atomic E-state index is 11.3. The molecule has 1 aromatic rings. The summed E-state index contributed by atoms with van der Waals surface area (Å²) in [6.45, 7) is 0. The Kier molecular flexibility index (Phi) is 3.04. The van der Waals surface area contributed by atoms with E-state index < -0.39 is 5.97 Å². The summed E-state index contributed by atoms with van der Waals surface area (Å²) < 4.78 is 5.62. The molecule has 0 saturated carbocycles. The molecule has 0 N–H and O–H groups in total. The summed E-state index contributed by atoms with van der Waals surface area (Å²) in [5.41, 5.74) is 1.09. The largest absolute Gasteiger partial charge is 0.393 e. The Morgan fingerprint density at radius 3 is 2.67 bits per heavy atom. The van der Waals surface area contributed by atoms with Crippen LogP contribution in [0.15, 0.2) is 24.3 Å². The molecule has 1 fully saturated rings. The third kappa shape index (κ3) is 2.37. The summed E-state index contributed by atoms with van der Waals surface area (Å²) in [6, 6.07) is 7.83. The molecule has 1 saturated heterocycles. The molecular formula is C11H9IO3. The van der Waals surface area contributed by atoms with Gasteiger partial charge in [-0.3, -0.25) is 9.59 Å². The van der Waals surface area contributed by atoms with Gasteiger partial charge in [0.25, 0.3) is 0 Å². The Morgan fingerprint density at radius 1 is 1.33 bits per heavy atom. The molecule has 1 atom stereocenters. The van der Waals surface area contributed by atoms with Crippen LogP contribution >= 0.6 is 22.6 Å². The van der Waals surface area contributed by atoms with E-state index in [1.54, 1.807) is 0 Å². The van der Waals surface area contributed by atoms with Gasteiger partial charge in [-0.25, -0.2) is 0 Å². The minimum atomic E-state index is -0.407. The van der Waals surface area contributed by atoms with Crippen LogP contribution in [0.1, 0.15) is 12.0 Å². The Balaban J connectivity index is 2.13. The molecule has 1 aliphatic heterocycles. The third-order valence-electron chi connectivity index (χ3n) is 2.38. The third-order valence-corrected chi connectivity index (χ3v) is 3.44. The van der Waals surface area contributed by atoms with Crippen LogP contribution in [0, 0.1) is 9.49 Å². The van der Waals surface area contributed by atoms with Gasteiger partial charge in [0.2, 0.25) is 0 Å². The van der Waals surface area contributed by atoms with Gasteiger partial charge in [-0.2, -0.15) is 0 Å². The van der Waals surface area contributed by atoms with Crippen LogP contribution in [0.5, 0.6) is 0 Å². The predicted molar refractivity (Wildman–Crippen MR) is 62.1 cm³/mol.